The first-order valence-electron chi connectivity index (χ1n) is 9.92. The van der Waals surface area contributed by atoms with Crippen LogP contribution in [0.4, 0.5) is 0 Å². The molecule has 0 bridgehead atoms. The summed E-state index contributed by atoms with van der Waals surface area (Å²) in [7, 11) is 4.15. The molecule has 5 nitrogen and oxygen atoms in total. The van der Waals surface area contributed by atoms with E-state index in [9.17, 15) is 4.79 Å². The average molecular weight is 360 g/mol. The summed E-state index contributed by atoms with van der Waals surface area (Å²) in [4.78, 5) is 19.0. The lowest BCUT2D eigenvalue weighted by molar-refractivity contribution is -0.129. The second-order valence-electron chi connectivity index (χ2n) is 7.80. The molecule has 0 unspecified atom stereocenters. The number of piperazine rings is 1. The van der Waals surface area contributed by atoms with Crippen molar-refractivity contribution in [3.05, 3.63) is 29.8 Å². The number of amides is 1. The topological polar surface area (TPSA) is 36.0 Å². The quantitative estimate of drug-likeness (QED) is 0.808. The van der Waals surface area contributed by atoms with E-state index in [1.807, 2.05) is 18.0 Å². The van der Waals surface area contributed by atoms with Crippen LogP contribution in [0.5, 0.6) is 5.75 Å². The van der Waals surface area contributed by atoms with Gasteiger partial charge in [-0.2, -0.15) is 0 Å². The first-order valence-corrected chi connectivity index (χ1v) is 9.92. The number of likely N-dealkylation sites (tertiary alicyclic amines) is 1. The SMILES string of the molecule is CCc1ccccc1OCCN1CCN(C)[C@]2(CCC(=O)N(C)CC2)C1. The molecule has 5 heteroatoms. The maximum absolute atomic E-state index is 12.1. The molecule has 144 valence electrons. The third-order valence-electron chi connectivity index (χ3n) is 6.24. The lowest BCUT2D eigenvalue weighted by atomic mass is 9.86. The van der Waals surface area contributed by atoms with Gasteiger partial charge in [0.1, 0.15) is 12.4 Å². The molecule has 0 aromatic heterocycles. The van der Waals surface area contributed by atoms with Gasteiger partial charge in [0.15, 0.2) is 0 Å². The van der Waals surface area contributed by atoms with Crippen molar-refractivity contribution in [2.75, 3.05) is 53.4 Å². The van der Waals surface area contributed by atoms with Crippen LogP contribution in [0, 0.1) is 0 Å². The summed E-state index contributed by atoms with van der Waals surface area (Å²) in [5.74, 6) is 1.30. The van der Waals surface area contributed by atoms with E-state index in [-0.39, 0.29) is 11.4 Å². The summed E-state index contributed by atoms with van der Waals surface area (Å²) >= 11 is 0. The van der Waals surface area contributed by atoms with Crippen LogP contribution in [0.15, 0.2) is 24.3 Å². The minimum atomic E-state index is 0.125. The smallest absolute Gasteiger partial charge is 0.222 e. The van der Waals surface area contributed by atoms with E-state index in [1.165, 1.54) is 5.56 Å². The van der Waals surface area contributed by atoms with Gasteiger partial charge < -0.3 is 9.64 Å². The van der Waals surface area contributed by atoms with E-state index >= 15 is 0 Å². The molecule has 1 amide bonds. The fourth-order valence-electron chi connectivity index (χ4n) is 4.25. The van der Waals surface area contributed by atoms with Crippen molar-refractivity contribution in [3.8, 4) is 5.75 Å². The monoisotopic (exact) mass is 359 g/mol. The molecule has 0 N–H and O–H groups in total. The number of aryl methyl sites for hydroxylation is 1. The van der Waals surface area contributed by atoms with Crippen LogP contribution in [-0.4, -0.2) is 79.6 Å². The number of para-hydroxylation sites is 1. The number of ether oxygens (including phenoxy) is 1. The number of benzene rings is 1. The van der Waals surface area contributed by atoms with Crippen molar-refractivity contribution < 1.29 is 9.53 Å². The third kappa shape index (κ3) is 4.21. The van der Waals surface area contributed by atoms with E-state index in [1.54, 1.807) is 0 Å². The van der Waals surface area contributed by atoms with Gasteiger partial charge in [0.2, 0.25) is 5.91 Å². The van der Waals surface area contributed by atoms with Crippen LogP contribution in [0.25, 0.3) is 0 Å². The molecule has 3 rings (SSSR count). The molecular weight excluding hydrogens is 326 g/mol. The summed E-state index contributed by atoms with van der Waals surface area (Å²) in [6.07, 6.45) is 3.68. The largest absolute Gasteiger partial charge is 0.492 e. The molecule has 0 aliphatic carbocycles. The summed E-state index contributed by atoms with van der Waals surface area (Å²) in [6.45, 7) is 7.84. The first-order chi connectivity index (χ1) is 12.5. The van der Waals surface area contributed by atoms with Crippen molar-refractivity contribution in [2.45, 2.75) is 38.1 Å². The number of nitrogens with zero attached hydrogens (tertiary/aromatic N) is 3. The van der Waals surface area contributed by atoms with Crippen LogP contribution in [0.1, 0.15) is 31.7 Å². The van der Waals surface area contributed by atoms with Crippen molar-refractivity contribution in [1.29, 1.82) is 0 Å². The molecule has 2 saturated heterocycles. The highest BCUT2D eigenvalue weighted by atomic mass is 16.5. The molecule has 1 aromatic rings. The van der Waals surface area contributed by atoms with Gasteiger partial charge in [0.05, 0.1) is 0 Å². The van der Waals surface area contributed by atoms with E-state index in [0.29, 0.717) is 6.42 Å². The van der Waals surface area contributed by atoms with Gasteiger partial charge >= 0.3 is 0 Å². The molecule has 0 saturated carbocycles. The molecule has 2 aliphatic heterocycles. The Morgan fingerprint density at radius 1 is 1.12 bits per heavy atom. The Bertz CT molecular complexity index is 621. The van der Waals surface area contributed by atoms with Crippen LogP contribution in [0.2, 0.25) is 0 Å². The van der Waals surface area contributed by atoms with Crippen LogP contribution in [-0.2, 0) is 11.2 Å². The Hall–Kier alpha value is -1.59. The third-order valence-corrected chi connectivity index (χ3v) is 6.24. The number of likely N-dealkylation sites (N-methyl/N-ethyl adjacent to an activating group) is 1. The van der Waals surface area contributed by atoms with E-state index in [0.717, 1.165) is 64.3 Å². The highest BCUT2D eigenvalue weighted by Crippen LogP contribution is 2.31. The highest BCUT2D eigenvalue weighted by molar-refractivity contribution is 5.76. The summed E-state index contributed by atoms with van der Waals surface area (Å²) in [6, 6.07) is 8.31. The van der Waals surface area contributed by atoms with Gasteiger partial charge in [-0.15, -0.1) is 0 Å². The van der Waals surface area contributed by atoms with Crippen molar-refractivity contribution in [1.82, 2.24) is 14.7 Å². The predicted molar refractivity (Wildman–Crippen MR) is 105 cm³/mol. The van der Waals surface area contributed by atoms with Gasteiger partial charge in [-0.3, -0.25) is 14.6 Å². The van der Waals surface area contributed by atoms with Crippen LogP contribution < -0.4 is 4.74 Å². The first kappa shape index (κ1) is 19.2. The summed E-state index contributed by atoms with van der Waals surface area (Å²) in [5, 5.41) is 0. The number of hydrogen-bond donors (Lipinski definition) is 0. The Kier molecular flexibility index (Phi) is 6.20. The Balaban J connectivity index is 1.57. The maximum Gasteiger partial charge on any atom is 0.222 e. The Morgan fingerprint density at radius 2 is 1.92 bits per heavy atom. The highest BCUT2D eigenvalue weighted by Gasteiger charge is 2.41. The molecule has 2 heterocycles. The van der Waals surface area contributed by atoms with Gasteiger partial charge in [-0.25, -0.2) is 0 Å². The van der Waals surface area contributed by atoms with Crippen LogP contribution in [0.3, 0.4) is 0 Å². The van der Waals surface area contributed by atoms with E-state index < -0.39 is 0 Å². The molecule has 2 fully saturated rings. The minimum Gasteiger partial charge on any atom is -0.492 e. The molecule has 1 aromatic carbocycles. The minimum absolute atomic E-state index is 0.125. The summed E-state index contributed by atoms with van der Waals surface area (Å²) in [5.41, 5.74) is 1.40. The molecule has 1 atom stereocenters. The molecule has 2 aliphatic rings. The van der Waals surface area contributed by atoms with Crippen molar-refractivity contribution in [2.24, 2.45) is 0 Å². The second kappa shape index (κ2) is 8.40. The maximum atomic E-state index is 12.1. The van der Waals surface area contributed by atoms with Gasteiger partial charge in [-0.05, 0) is 37.9 Å². The van der Waals surface area contributed by atoms with Gasteiger partial charge in [0, 0.05) is 51.7 Å². The number of hydrogen-bond acceptors (Lipinski definition) is 4. The number of carbonyl (C=O) groups is 1. The second-order valence-corrected chi connectivity index (χ2v) is 7.80. The zero-order valence-electron chi connectivity index (χ0n) is 16.5. The normalized spacial score (nSPS) is 25.5. The molecule has 1 spiro atoms. The number of rotatable bonds is 5. The zero-order chi connectivity index (χ0) is 18.6. The Morgan fingerprint density at radius 3 is 2.73 bits per heavy atom. The fourth-order valence-corrected chi connectivity index (χ4v) is 4.25. The Labute approximate surface area is 157 Å². The average Bonchev–Trinajstić information content (AvgIpc) is 2.80. The van der Waals surface area contributed by atoms with Gasteiger partial charge in [0.25, 0.3) is 0 Å². The van der Waals surface area contributed by atoms with Crippen LogP contribution >= 0.6 is 0 Å². The number of carbonyl (C=O) groups excluding carboxylic acids is 1. The lowest BCUT2D eigenvalue weighted by Gasteiger charge is -2.49. The van der Waals surface area contributed by atoms with E-state index in [4.69, 9.17) is 4.74 Å². The van der Waals surface area contributed by atoms with E-state index in [2.05, 4.69) is 42.0 Å². The van der Waals surface area contributed by atoms with Gasteiger partial charge in [-0.1, -0.05) is 25.1 Å². The standard InChI is InChI=1S/C21H33N3O2/c1-4-18-7-5-6-8-19(18)26-16-15-24-14-13-23(3)21(17-24)10-9-20(25)22(2)12-11-21/h5-8H,4,9-17H2,1-3H3/t21-/m0/s1. The zero-order valence-corrected chi connectivity index (χ0v) is 16.5. The summed E-state index contributed by atoms with van der Waals surface area (Å²) < 4.78 is 6.07. The fraction of sp³-hybridized carbons (Fsp3) is 0.667. The van der Waals surface area contributed by atoms with Crippen molar-refractivity contribution in [3.63, 3.8) is 0 Å². The molecule has 0 radical (unpaired) electrons. The predicted octanol–water partition coefficient (Wildman–Crippen LogP) is 2.26. The molecule has 26 heavy (non-hydrogen) atoms. The lowest BCUT2D eigenvalue weighted by Crippen LogP contribution is -2.61. The molecular formula is C21H33N3O2. The van der Waals surface area contributed by atoms with Crippen molar-refractivity contribution >= 4 is 5.91 Å².